The van der Waals surface area contributed by atoms with Gasteiger partial charge in [0.15, 0.2) is 5.65 Å². The summed E-state index contributed by atoms with van der Waals surface area (Å²) in [5.41, 5.74) is 0.938. The van der Waals surface area contributed by atoms with Crippen LogP contribution in [0, 0.1) is 23.5 Å². The second-order valence-corrected chi connectivity index (χ2v) is 12.2. The van der Waals surface area contributed by atoms with Crippen molar-refractivity contribution in [3.63, 3.8) is 0 Å². The predicted octanol–water partition coefficient (Wildman–Crippen LogP) is 5.34. The number of likely N-dealkylation sites (N-methyl/N-ethyl adjacent to an activating group) is 1. The predicted molar refractivity (Wildman–Crippen MR) is 155 cm³/mol. The molecule has 1 aromatic carbocycles. The number of benzene rings is 1. The lowest BCUT2D eigenvalue weighted by atomic mass is 9.85. The van der Waals surface area contributed by atoms with E-state index in [2.05, 4.69) is 39.5 Å². The molecular formula is C30H40F2N8O. The number of nitrogens with zero attached hydrogens (tertiary/aromatic N) is 6. The molecule has 9 nitrogen and oxygen atoms in total. The highest BCUT2D eigenvalue weighted by atomic mass is 19.1. The van der Waals surface area contributed by atoms with Gasteiger partial charge in [-0.15, -0.1) is 0 Å². The van der Waals surface area contributed by atoms with E-state index < -0.39 is 11.6 Å². The van der Waals surface area contributed by atoms with Crippen molar-refractivity contribution in [2.24, 2.45) is 11.8 Å². The van der Waals surface area contributed by atoms with Gasteiger partial charge in [-0.3, -0.25) is 9.36 Å². The number of piperazine rings is 1. The van der Waals surface area contributed by atoms with Crippen LogP contribution in [0.15, 0.2) is 24.4 Å². The Morgan fingerprint density at radius 3 is 2.29 bits per heavy atom. The maximum atomic E-state index is 14.6. The quantitative estimate of drug-likeness (QED) is 0.416. The number of para-hydroxylation sites is 1. The first-order chi connectivity index (χ1) is 19.9. The van der Waals surface area contributed by atoms with E-state index in [0.717, 1.165) is 70.6 Å². The van der Waals surface area contributed by atoms with Gasteiger partial charge in [-0.2, -0.15) is 4.98 Å². The summed E-state index contributed by atoms with van der Waals surface area (Å²) >= 11 is 0. The molecule has 0 bridgehead atoms. The van der Waals surface area contributed by atoms with E-state index in [1.807, 2.05) is 9.47 Å². The number of anilines is 3. The van der Waals surface area contributed by atoms with E-state index in [-0.39, 0.29) is 23.6 Å². The molecule has 3 fully saturated rings. The second-order valence-electron chi connectivity index (χ2n) is 12.2. The van der Waals surface area contributed by atoms with Crippen LogP contribution < -0.4 is 10.6 Å². The Labute approximate surface area is 239 Å². The fourth-order valence-electron chi connectivity index (χ4n) is 6.58. The molecule has 0 unspecified atom stereocenters. The number of rotatable bonds is 6. The van der Waals surface area contributed by atoms with Crippen molar-refractivity contribution >= 4 is 34.7 Å². The fourth-order valence-corrected chi connectivity index (χ4v) is 6.58. The number of imidazole rings is 1. The van der Waals surface area contributed by atoms with Crippen molar-refractivity contribution in [1.82, 2.24) is 29.3 Å². The minimum absolute atomic E-state index is 0.00888. The average molecular weight is 567 g/mol. The molecule has 0 spiro atoms. The molecule has 3 heterocycles. The first-order valence-corrected chi connectivity index (χ1v) is 15.1. The largest absolute Gasteiger partial charge is 0.351 e. The SMILES string of the molecule is CN1CCN(C(=O)[C@H]2CC[C@@H](n3c(Nc4c(F)cccc4F)nc4cnc(N[C@H]5CC[C@H](C)CC5)nc43)CC2)CC1. The lowest BCUT2D eigenvalue weighted by molar-refractivity contribution is -0.138. The Kier molecular flexibility index (Phi) is 8.05. The van der Waals surface area contributed by atoms with E-state index in [4.69, 9.17) is 4.98 Å². The molecule has 2 saturated carbocycles. The number of hydrogen-bond acceptors (Lipinski definition) is 7. The standard InChI is InChI=1S/C30H40F2N8O/c1-19-6-10-21(11-7-19)34-29-33-18-25-27(37-29)40(30(35-25)36-26-23(31)4-3-5-24(26)32)22-12-8-20(9-13-22)28(41)39-16-14-38(2)15-17-39/h3-5,18-22H,6-17H2,1-2H3,(H,35,36)(H,33,34,37)/t19-,20-,21-,22+. The molecule has 0 atom stereocenters. The van der Waals surface area contributed by atoms with Crippen LogP contribution in [0.1, 0.15) is 64.3 Å². The summed E-state index contributed by atoms with van der Waals surface area (Å²) in [7, 11) is 2.08. The van der Waals surface area contributed by atoms with E-state index in [1.165, 1.54) is 31.0 Å². The van der Waals surface area contributed by atoms with Gasteiger partial charge in [0.05, 0.1) is 6.20 Å². The molecule has 2 aromatic heterocycles. The van der Waals surface area contributed by atoms with Crippen molar-refractivity contribution in [3.05, 3.63) is 36.0 Å². The number of halogens is 2. The van der Waals surface area contributed by atoms with Crippen LogP contribution in [0.3, 0.4) is 0 Å². The molecule has 11 heteroatoms. The van der Waals surface area contributed by atoms with Crippen LogP contribution in [0.25, 0.3) is 11.2 Å². The minimum atomic E-state index is -0.690. The highest BCUT2D eigenvalue weighted by molar-refractivity contribution is 5.79. The molecule has 2 aliphatic carbocycles. The number of carbonyl (C=O) groups is 1. The van der Waals surface area contributed by atoms with E-state index in [1.54, 1.807) is 6.20 Å². The second kappa shape index (κ2) is 11.9. The first-order valence-electron chi connectivity index (χ1n) is 15.1. The number of nitrogens with one attached hydrogen (secondary N) is 2. The average Bonchev–Trinajstić information content (AvgIpc) is 3.33. The highest BCUT2D eigenvalue weighted by Crippen LogP contribution is 2.38. The summed E-state index contributed by atoms with van der Waals surface area (Å²) in [5, 5.41) is 6.43. The zero-order chi connectivity index (χ0) is 28.5. The van der Waals surface area contributed by atoms with Crippen molar-refractivity contribution in [1.29, 1.82) is 0 Å². The Morgan fingerprint density at radius 2 is 1.61 bits per heavy atom. The number of amides is 1. The summed E-state index contributed by atoms with van der Waals surface area (Å²) < 4.78 is 31.2. The molecule has 220 valence electrons. The van der Waals surface area contributed by atoms with Crippen LogP contribution in [-0.4, -0.2) is 74.5 Å². The monoisotopic (exact) mass is 566 g/mol. The van der Waals surface area contributed by atoms with Crippen molar-refractivity contribution in [2.75, 3.05) is 43.9 Å². The molecule has 1 saturated heterocycles. The Bertz CT molecular complexity index is 1350. The van der Waals surface area contributed by atoms with Crippen molar-refractivity contribution < 1.29 is 13.6 Å². The van der Waals surface area contributed by atoms with E-state index >= 15 is 0 Å². The van der Waals surface area contributed by atoms with Crippen LogP contribution in [0.4, 0.5) is 26.4 Å². The van der Waals surface area contributed by atoms with E-state index in [0.29, 0.717) is 29.1 Å². The topological polar surface area (TPSA) is 91.2 Å². The molecule has 2 N–H and O–H groups in total. The Balaban J connectivity index is 1.26. The van der Waals surface area contributed by atoms with Gasteiger partial charge in [-0.05, 0) is 76.5 Å². The summed E-state index contributed by atoms with van der Waals surface area (Å²) in [4.78, 5) is 31.6. The summed E-state index contributed by atoms with van der Waals surface area (Å²) in [6, 6.07) is 4.08. The summed E-state index contributed by atoms with van der Waals surface area (Å²) in [6.07, 6.45) is 9.18. The molecule has 3 aliphatic rings. The minimum Gasteiger partial charge on any atom is -0.351 e. The van der Waals surface area contributed by atoms with Crippen LogP contribution >= 0.6 is 0 Å². The Hall–Kier alpha value is -3.34. The molecule has 3 aromatic rings. The van der Waals surface area contributed by atoms with Crippen molar-refractivity contribution in [2.45, 2.75) is 70.4 Å². The van der Waals surface area contributed by atoms with Gasteiger partial charge in [0.2, 0.25) is 17.8 Å². The van der Waals surface area contributed by atoms with Crippen LogP contribution in [0.5, 0.6) is 0 Å². The van der Waals surface area contributed by atoms with Gasteiger partial charge in [0, 0.05) is 44.2 Å². The number of fused-ring (bicyclic) bond motifs is 1. The Morgan fingerprint density at radius 1 is 0.927 bits per heavy atom. The lowest BCUT2D eigenvalue weighted by Gasteiger charge is -2.37. The van der Waals surface area contributed by atoms with Crippen LogP contribution in [-0.2, 0) is 4.79 Å². The van der Waals surface area contributed by atoms with Gasteiger partial charge in [0.1, 0.15) is 22.8 Å². The maximum absolute atomic E-state index is 14.6. The normalized spacial score (nSPS) is 25.8. The number of hydrogen-bond donors (Lipinski definition) is 2. The third-order valence-electron chi connectivity index (χ3n) is 9.21. The summed E-state index contributed by atoms with van der Waals surface area (Å²) in [5.74, 6) is 0.468. The fraction of sp³-hybridized carbons (Fsp3) is 0.600. The van der Waals surface area contributed by atoms with Gasteiger partial charge in [-0.1, -0.05) is 13.0 Å². The highest BCUT2D eigenvalue weighted by Gasteiger charge is 2.33. The molecule has 41 heavy (non-hydrogen) atoms. The molecule has 1 amide bonds. The lowest BCUT2D eigenvalue weighted by Crippen LogP contribution is -2.49. The third kappa shape index (κ3) is 6.00. The third-order valence-corrected chi connectivity index (χ3v) is 9.21. The summed E-state index contributed by atoms with van der Waals surface area (Å²) in [6.45, 7) is 5.64. The van der Waals surface area contributed by atoms with Crippen LogP contribution in [0.2, 0.25) is 0 Å². The van der Waals surface area contributed by atoms with Crippen molar-refractivity contribution in [3.8, 4) is 0 Å². The maximum Gasteiger partial charge on any atom is 0.225 e. The zero-order valence-electron chi connectivity index (χ0n) is 24.0. The molecular weight excluding hydrogens is 526 g/mol. The first kappa shape index (κ1) is 27.8. The number of aromatic nitrogens is 4. The molecule has 6 rings (SSSR count). The van der Waals surface area contributed by atoms with Gasteiger partial charge in [-0.25, -0.2) is 18.7 Å². The zero-order valence-corrected chi connectivity index (χ0v) is 24.0. The molecule has 1 aliphatic heterocycles. The van der Waals surface area contributed by atoms with Gasteiger partial charge >= 0.3 is 0 Å². The van der Waals surface area contributed by atoms with E-state index in [9.17, 15) is 13.6 Å². The number of carbonyl (C=O) groups excluding carboxylic acids is 1. The van der Waals surface area contributed by atoms with Gasteiger partial charge < -0.3 is 20.4 Å². The van der Waals surface area contributed by atoms with Gasteiger partial charge in [0.25, 0.3) is 0 Å². The smallest absolute Gasteiger partial charge is 0.225 e. The molecule has 0 radical (unpaired) electrons.